The number of rotatable bonds is 6. The van der Waals surface area contributed by atoms with Gasteiger partial charge in [0.25, 0.3) is 0 Å². The Bertz CT molecular complexity index is 750. The van der Waals surface area contributed by atoms with Gasteiger partial charge in [-0.3, -0.25) is 19.2 Å². The first-order chi connectivity index (χ1) is 12.8. The van der Waals surface area contributed by atoms with E-state index >= 15 is 0 Å². The number of hydrogen-bond donors (Lipinski definition) is 0. The fourth-order valence-corrected chi connectivity index (χ4v) is 2.87. The first-order valence-corrected chi connectivity index (χ1v) is 8.91. The molecule has 0 saturated heterocycles. The summed E-state index contributed by atoms with van der Waals surface area (Å²) in [6, 6.07) is 5.85. The Morgan fingerprint density at radius 3 is 1.21 bits per heavy atom. The van der Waals surface area contributed by atoms with E-state index in [9.17, 15) is 45.5 Å². The second-order valence-corrected chi connectivity index (χ2v) is 6.89. The molecule has 2 heterocycles. The number of carbonyl (C=O) groups is 4. The molecular formula is C16H10F6O4S2. The molecular weight excluding hydrogens is 434 g/mol. The Morgan fingerprint density at radius 1 is 0.679 bits per heavy atom. The lowest BCUT2D eigenvalue weighted by atomic mass is 10.2. The van der Waals surface area contributed by atoms with Gasteiger partial charge in [0.15, 0.2) is 11.6 Å². The van der Waals surface area contributed by atoms with Crippen molar-refractivity contribution in [3.05, 3.63) is 44.8 Å². The van der Waals surface area contributed by atoms with Gasteiger partial charge in [0.2, 0.25) is 11.6 Å². The lowest BCUT2D eigenvalue weighted by molar-refractivity contribution is -0.170. The van der Waals surface area contributed by atoms with E-state index in [1.165, 1.54) is 24.3 Å². The molecule has 0 aliphatic heterocycles. The normalized spacial score (nSPS) is 11.4. The summed E-state index contributed by atoms with van der Waals surface area (Å²) in [5, 5.41) is 3.12. The smallest absolute Gasteiger partial charge is 0.293 e. The van der Waals surface area contributed by atoms with Crippen LogP contribution in [0.25, 0.3) is 0 Å². The Balaban J connectivity index is 0.000000280. The molecule has 0 aliphatic rings. The highest BCUT2D eigenvalue weighted by atomic mass is 32.1. The van der Waals surface area contributed by atoms with Gasteiger partial charge in [-0.05, 0) is 22.9 Å². The average Bonchev–Trinajstić information content (AvgIpc) is 3.27. The number of hydrogen-bond acceptors (Lipinski definition) is 6. The van der Waals surface area contributed by atoms with E-state index in [2.05, 4.69) is 0 Å². The van der Waals surface area contributed by atoms with Gasteiger partial charge in [-0.15, -0.1) is 22.7 Å². The number of Topliss-reactive ketones (excluding diaryl/α,β-unsaturated/α-hetero) is 4. The molecule has 0 bridgehead atoms. The van der Waals surface area contributed by atoms with Crippen molar-refractivity contribution in [2.75, 3.05) is 0 Å². The van der Waals surface area contributed by atoms with Crippen molar-refractivity contribution in [2.45, 2.75) is 25.2 Å². The van der Waals surface area contributed by atoms with E-state index in [0.717, 1.165) is 22.7 Å². The molecule has 2 aromatic rings. The molecule has 0 aromatic carbocycles. The molecule has 2 aromatic heterocycles. The van der Waals surface area contributed by atoms with Crippen LogP contribution in [0.5, 0.6) is 0 Å². The van der Waals surface area contributed by atoms with Crippen LogP contribution in [0.4, 0.5) is 26.3 Å². The maximum Gasteiger partial charge on any atom is 0.450 e. The summed E-state index contributed by atoms with van der Waals surface area (Å²) < 4.78 is 70.5. The number of alkyl halides is 6. The molecule has 28 heavy (non-hydrogen) atoms. The summed E-state index contributed by atoms with van der Waals surface area (Å²) in [5.41, 5.74) is 0. The van der Waals surface area contributed by atoms with E-state index in [-0.39, 0.29) is 9.75 Å². The van der Waals surface area contributed by atoms with Crippen LogP contribution in [0.3, 0.4) is 0 Å². The van der Waals surface area contributed by atoms with Crippen LogP contribution in [0.1, 0.15) is 32.2 Å². The SMILES string of the molecule is O=C(CC(=O)C(F)(F)F)c1cccs1.O=C(CC(=O)C(F)(F)F)c1cccs1. The van der Waals surface area contributed by atoms with Crippen molar-refractivity contribution in [2.24, 2.45) is 0 Å². The standard InChI is InChI=1S/2C8H5F3O2S/c2*9-8(10,11)7(13)4-5(12)6-2-1-3-14-6/h2*1-3H,4H2. The van der Waals surface area contributed by atoms with Crippen LogP contribution in [0, 0.1) is 0 Å². The molecule has 0 atom stereocenters. The number of ketones is 4. The van der Waals surface area contributed by atoms with Crippen molar-refractivity contribution in [3.8, 4) is 0 Å². The van der Waals surface area contributed by atoms with Gasteiger partial charge < -0.3 is 0 Å². The summed E-state index contributed by atoms with van der Waals surface area (Å²) in [5.74, 6) is -5.59. The van der Waals surface area contributed by atoms with Gasteiger partial charge in [-0.1, -0.05) is 12.1 Å². The van der Waals surface area contributed by atoms with Gasteiger partial charge >= 0.3 is 12.4 Å². The van der Waals surface area contributed by atoms with E-state index in [4.69, 9.17) is 0 Å². The van der Waals surface area contributed by atoms with Crippen LogP contribution in [0.2, 0.25) is 0 Å². The van der Waals surface area contributed by atoms with Crippen LogP contribution < -0.4 is 0 Å². The highest BCUT2D eigenvalue weighted by Crippen LogP contribution is 2.21. The van der Waals surface area contributed by atoms with Gasteiger partial charge in [0.05, 0.1) is 22.6 Å². The molecule has 4 nitrogen and oxygen atoms in total. The molecule has 12 heteroatoms. The maximum atomic E-state index is 11.8. The molecule has 0 fully saturated rings. The summed E-state index contributed by atoms with van der Waals surface area (Å²) in [6.07, 6.45) is -12.1. The lowest BCUT2D eigenvalue weighted by Gasteiger charge is -2.02. The molecule has 2 rings (SSSR count). The van der Waals surface area contributed by atoms with Gasteiger partial charge in [0.1, 0.15) is 0 Å². The first kappa shape index (κ1) is 23.7. The van der Waals surface area contributed by atoms with Gasteiger partial charge in [-0.25, -0.2) is 0 Å². The Kier molecular flexibility index (Phi) is 8.24. The monoisotopic (exact) mass is 444 g/mol. The summed E-state index contributed by atoms with van der Waals surface area (Å²) in [4.78, 5) is 43.3. The largest absolute Gasteiger partial charge is 0.450 e. The highest BCUT2D eigenvalue weighted by molar-refractivity contribution is 7.12. The molecule has 0 N–H and O–H groups in total. The third kappa shape index (κ3) is 7.72. The van der Waals surface area contributed by atoms with Crippen molar-refractivity contribution >= 4 is 45.8 Å². The van der Waals surface area contributed by atoms with E-state index in [0.29, 0.717) is 0 Å². The second kappa shape index (κ2) is 9.73. The average molecular weight is 444 g/mol. The minimum Gasteiger partial charge on any atom is -0.293 e. The van der Waals surface area contributed by atoms with Crippen molar-refractivity contribution < 1.29 is 45.5 Å². The quantitative estimate of drug-likeness (QED) is 0.361. The minimum atomic E-state index is -4.92. The molecule has 0 unspecified atom stereocenters. The Hall–Kier alpha value is -2.34. The van der Waals surface area contributed by atoms with Crippen LogP contribution in [-0.2, 0) is 9.59 Å². The Labute approximate surface area is 161 Å². The van der Waals surface area contributed by atoms with Gasteiger partial charge in [-0.2, -0.15) is 26.3 Å². The number of halogens is 6. The molecule has 0 spiro atoms. The van der Waals surface area contributed by atoms with Crippen LogP contribution in [-0.4, -0.2) is 35.5 Å². The van der Waals surface area contributed by atoms with Crippen LogP contribution >= 0.6 is 22.7 Å². The summed E-state index contributed by atoms with van der Waals surface area (Å²) in [6.45, 7) is 0. The van der Waals surface area contributed by atoms with Gasteiger partial charge in [0, 0.05) is 0 Å². The Morgan fingerprint density at radius 2 is 1.00 bits per heavy atom. The number of carbonyl (C=O) groups excluding carboxylic acids is 4. The topological polar surface area (TPSA) is 68.3 Å². The first-order valence-electron chi connectivity index (χ1n) is 7.15. The predicted molar refractivity (Wildman–Crippen MR) is 88.7 cm³/mol. The molecule has 0 radical (unpaired) electrons. The predicted octanol–water partition coefficient (Wildman–Crippen LogP) is 4.90. The third-order valence-corrected chi connectivity index (χ3v) is 4.69. The number of thiophene rings is 2. The van der Waals surface area contributed by atoms with E-state index < -0.39 is 48.3 Å². The van der Waals surface area contributed by atoms with E-state index in [1.54, 1.807) is 10.8 Å². The highest BCUT2D eigenvalue weighted by Gasteiger charge is 2.40. The van der Waals surface area contributed by atoms with Crippen LogP contribution in [0.15, 0.2) is 35.0 Å². The fourth-order valence-electron chi connectivity index (χ4n) is 1.54. The summed E-state index contributed by atoms with van der Waals surface area (Å²) in [7, 11) is 0. The lowest BCUT2D eigenvalue weighted by Crippen LogP contribution is -2.25. The minimum absolute atomic E-state index is 0.169. The van der Waals surface area contributed by atoms with E-state index in [1.807, 2.05) is 0 Å². The second-order valence-electron chi connectivity index (χ2n) is 5.00. The van der Waals surface area contributed by atoms with Crippen molar-refractivity contribution in [3.63, 3.8) is 0 Å². The zero-order valence-corrected chi connectivity index (χ0v) is 15.2. The molecule has 0 saturated carbocycles. The molecule has 0 aliphatic carbocycles. The molecule has 152 valence electrons. The zero-order valence-electron chi connectivity index (χ0n) is 13.6. The third-order valence-electron chi connectivity index (χ3n) is 2.87. The molecule has 0 amide bonds. The van der Waals surface area contributed by atoms with Crippen molar-refractivity contribution in [1.82, 2.24) is 0 Å². The fraction of sp³-hybridized carbons (Fsp3) is 0.250. The maximum absolute atomic E-state index is 11.8. The summed E-state index contributed by atoms with van der Waals surface area (Å²) >= 11 is 2.03. The van der Waals surface area contributed by atoms with Crippen molar-refractivity contribution in [1.29, 1.82) is 0 Å². The zero-order chi connectivity index (χ0) is 21.5.